The summed E-state index contributed by atoms with van der Waals surface area (Å²) in [5.41, 5.74) is 1.37. The van der Waals surface area contributed by atoms with Gasteiger partial charge < -0.3 is 9.84 Å². The van der Waals surface area contributed by atoms with E-state index in [4.69, 9.17) is 4.52 Å². The van der Waals surface area contributed by atoms with Crippen LogP contribution in [0.25, 0.3) is 11.4 Å². The van der Waals surface area contributed by atoms with Crippen molar-refractivity contribution < 1.29 is 8.91 Å². The number of hydrogen-bond donors (Lipinski definition) is 1. The van der Waals surface area contributed by atoms with Gasteiger partial charge >= 0.3 is 0 Å². The minimum atomic E-state index is -0.221. The Balaban J connectivity index is 0.00000147. The highest BCUT2D eigenvalue weighted by molar-refractivity contribution is 5.85. The first kappa shape index (κ1) is 14.9. The third kappa shape index (κ3) is 2.99. The highest BCUT2D eigenvalue weighted by Crippen LogP contribution is 2.25. The predicted octanol–water partition coefficient (Wildman–Crippen LogP) is 3.42. The number of piperidine rings is 1. The zero-order chi connectivity index (χ0) is 13.2. The molecule has 20 heavy (non-hydrogen) atoms. The van der Waals surface area contributed by atoms with Gasteiger partial charge in [0.05, 0.1) is 6.04 Å². The molecule has 1 N–H and O–H groups in total. The van der Waals surface area contributed by atoms with Crippen LogP contribution < -0.4 is 5.32 Å². The van der Waals surface area contributed by atoms with E-state index in [1.165, 1.54) is 18.9 Å². The molecule has 2 aromatic rings. The van der Waals surface area contributed by atoms with Gasteiger partial charge in [-0.15, -0.1) is 12.4 Å². The summed E-state index contributed by atoms with van der Waals surface area (Å²) >= 11 is 0. The molecule has 1 fully saturated rings. The third-order valence-electron chi connectivity index (χ3n) is 3.47. The molecule has 1 atom stereocenters. The van der Waals surface area contributed by atoms with Gasteiger partial charge in [-0.2, -0.15) is 4.98 Å². The molecule has 2 heterocycles. The number of nitrogens with zero attached hydrogens (tertiary/aromatic N) is 2. The molecule has 1 unspecified atom stereocenters. The van der Waals surface area contributed by atoms with Gasteiger partial charge in [0.15, 0.2) is 0 Å². The zero-order valence-corrected chi connectivity index (χ0v) is 12.0. The van der Waals surface area contributed by atoms with Gasteiger partial charge in [-0.3, -0.25) is 0 Å². The molecular formula is C14H17ClFN3O. The summed E-state index contributed by atoms with van der Waals surface area (Å²) in [5.74, 6) is 0.920. The lowest BCUT2D eigenvalue weighted by atomic mass is 10.1. The van der Waals surface area contributed by atoms with Crippen molar-refractivity contribution in [3.8, 4) is 11.4 Å². The topological polar surface area (TPSA) is 51.0 Å². The monoisotopic (exact) mass is 297 g/mol. The van der Waals surface area contributed by atoms with Crippen LogP contribution in [0, 0.1) is 12.7 Å². The van der Waals surface area contributed by atoms with Crippen molar-refractivity contribution in [3.63, 3.8) is 0 Å². The van der Waals surface area contributed by atoms with Gasteiger partial charge in [0.2, 0.25) is 11.7 Å². The van der Waals surface area contributed by atoms with Gasteiger partial charge in [0, 0.05) is 5.56 Å². The number of aryl methyl sites for hydroxylation is 1. The summed E-state index contributed by atoms with van der Waals surface area (Å²) in [4.78, 5) is 4.41. The van der Waals surface area contributed by atoms with E-state index in [2.05, 4.69) is 15.5 Å². The molecule has 1 aromatic heterocycles. The average molecular weight is 298 g/mol. The lowest BCUT2D eigenvalue weighted by molar-refractivity contribution is 0.297. The van der Waals surface area contributed by atoms with E-state index in [9.17, 15) is 4.39 Å². The van der Waals surface area contributed by atoms with Crippen LogP contribution in [0.5, 0.6) is 0 Å². The van der Waals surface area contributed by atoms with Crippen LogP contribution in [-0.2, 0) is 0 Å². The van der Waals surface area contributed by atoms with Crippen LogP contribution in [0.3, 0.4) is 0 Å². The van der Waals surface area contributed by atoms with Crippen LogP contribution in [0.1, 0.15) is 36.8 Å². The van der Waals surface area contributed by atoms with Crippen molar-refractivity contribution in [3.05, 3.63) is 35.5 Å². The highest BCUT2D eigenvalue weighted by atomic mass is 35.5. The number of hydrogen-bond acceptors (Lipinski definition) is 4. The van der Waals surface area contributed by atoms with Gasteiger partial charge in [-0.05, 0) is 50.1 Å². The van der Waals surface area contributed by atoms with Crippen molar-refractivity contribution in [1.29, 1.82) is 0 Å². The molecule has 0 aliphatic carbocycles. The Bertz CT molecular complexity index is 582. The van der Waals surface area contributed by atoms with Crippen LogP contribution in [0.15, 0.2) is 22.7 Å². The Labute approximate surface area is 123 Å². The van der Waals surface area contributed by atoms with Crippen LogP contribution >= 0.6 is 12.4 Å². The molecule has 1 aliphatic rings. The molecule has 6 heteroatoms. The van der Waals surface area contributed by atoms with Crippen molar-refractivity contribution in [2.24, 2.45) is 0 Å². The Morgan fingerprint density at radius 1 is 1.35 bits per heavy atom. The lowest BCUT2D eigenvalue weighted by Gasteiger charge is -2.19. The van der Waals surface area contributed by atoms with Crippen molar-refractivity contribution >= 4 is 12.4 Å². The Morgan fingerprint density at radius 3 is 2.90 bits per heavy atom. The van der Waals surface area contributed by atoms with E-state index >= 15 is 0 Å². The van der Waals surface area contributed by atoms with E-state index < -0.39 is 0 Å². The normalized spacial score (nSPS) is 18.6. The second kappa shape index (κ2) is 6.33. The Hall–Kier alpha value is -1.46. The SMILES string of the molecule is Cc1cc(-c2noc(C3CCCCN3)n2)ccc1F.Cl. The van der Waals surface area contributed by atoms with Crippen LogP contribution in [0.2, 0.25) is 0 Å². The Morgan fingerprint density at radius 2 is 2.20 bits per heavy atom. The number of aromatic nitrogens is 2. The molecule has 3 rings (SSSR count). The first-order chi connectivity index (χ1) is 9.24. The van der Waals surface area contributed by atoms with E-state index in [1.807, 2.05) is 0 Å². The fourth-order valence-corrected chi connectivity index (χ4v) is 2.34. The van der Waals surface area contributed by atoms with Gasteiger partial charge in [0.25, 0.3) is 0 Å². The summed E-state index contributed by atoms with van der Waals surface area (Å²) in [6.07, 6.45) is 3.38. The smallest absolute Gasteiger partial charge is 0.244 e. The molecule has 1 aromatic carbocycles. The molecule has 0 radical (unpaired) electrons. The summed E-state index contributed by atoms with van der Waals surface area (Å²) in [6, 6.07) is 4.99. The fourth-order valence-electron chi connectivity index (χ4n) is 2.34. The summed E-state index contributed by atoms with van der Waals surface area (Å²) < 4.78 is 18.5. The van der Waals surface area contributed by atoms with Crippen molar-refractivity contribution in [1.82, 2.24) is 15.5 Å². The third-order valence-corrected chi connectivity index (χ3v) is 3.47. The molecule has 0 amide bonds. The molecule has 1 saturated heterocycles. The maximum absolute atomic E-state index is 13.2. The van der Waals surface area contributed by atoms with Crippen LogP contribution in [-0.4, -0.2) is 16.7 Å². The summed E-state index contributed by atoms with van der Waals surface area (Å²) in [7, 11) is 0. The number of nitrogens with one attached hydrogen (secondary N) is 1. The average Bonchev–Trinajstić information content (AvgIpc) is 2.93. The van der Waals surface area contributed by atoms with E-state index in [0.717, 1.165) is 18.5 Å². The molecule has 1 aliphatic heterocycles. The molecule has 0 saturated carbocycles. The minimum absolute atomic E-state index is 0. The molecular weight excluding hydrogens is 281 g/mol. The molecule has 0 bridgehead atoms. The largest absolute Gasteiger partial charge is 0.337 e. The minimum Gasteiger partial charge on any atom is -0.337 e. The maximum Gasteiger partial charge on any atom is 0.244 e. The fraction of sp³-hybridized carbons (Fsp3) is 0.429. The van der Waals surface area contributed by atoms with E-state index in [0.29, 0.717) is 17.3 Å². The number of rotatable bonds is 2. The maximum atomic E-state index is 13.2. The second-order valence-corrected chi connectivity index (χ2v) is 4.92. The van der Waals surface area contributed by atoms with Crippen LogP contribution in [0.4, 0.5) is 4.39 Å². The first-order valence-electron chi connectivity index (χ1n) is 6.57. The predicted molar refractivity (Wildman–Crippen MR) is 76.3 cm³/mol. The second-order valence-electron chi connectivity index (χ2n) is 4.92. The van der Waals surface area contributed by atoms with Crippen molar-refractivity contribution in [2.45, 2.75) is 32.2 Å². The van der Waals surface area contributed by atoms with Gasteiger partial charge in [-0.25, -0.2) is 4.39 Å². The first-order valence-corrected chi connectivity index (χ1v) is 6.57. The molecule has 108 valence electrons. The van der Waals surface area contributed by atoms with E-state index in [-0.39, 0.29) is 24.3 Å². The van der Waals surface area contributed by atoms with Gasteiger partial charge in [-0.1, -0.05) is 11.6 Å². The molecule has 0 spiro atoms. The standard InChI is InChI=1S/C14H16FN3O.ClH/c1-9-8-10(5-6-11(9)15)13-17-14(19-18-13)12-4-2-3-7-16-12;/h5-6,8,12,16H,2-4,7H2,1H3;1H. The lowest BCUT2D eigenvalue weighted by Crippen LogP contribution is -2.26. The number of benzene rings is 1. The number of halogens is 2. The summed E-state index contributed by atoms with van der Waals surface area (Å²) in [6.45, 7) is 2.71. The quantitative estimate of drug-likeness (QED) is 0.923. The van der Waals surface area contributed by atoms with E-state index in [1.54, 1.807) is 19.1 Å². The highest BCUT2D eigenvalue weighted by Gasteiger charge is 2.21. The Kier molecular flexibility index (Phi) is 4.73. The zero-order valence-electron chi connectivity index (χ0n) is 11.2. The summed E-state index contributed by atoms with van der Waals surface area (Å²) in [5, 5.41) is 7.35. The molecule has 4 nitrogen and oxygen atoms in total. The van der Waals surface area contributed by atoms with Crippen molar-refractivity contribution in [2.75, 3.05) is 6.54 Å². The van der Waals surface area contributed by atoms with Gasteiger partial charge in [0.1, 0.15) is 5.82 Å².